The lowest BCUT2D eigenvalue weighted by molar-refractivity contribution is -0.384. The summed E-state index contributed by atoms with van der Waals surface area (Å²) in [4.78, 5) is 10.3. The van der Waals surface area contributed by atoms with Crippen molar-refractivity contribution in [2.24, 2.45) is 0 Å². The summed E-state index contributed by atoms with van der Waals surface area (Å²) in [6, 6.07) is 10.2. The standard InChI is InChI=1S/C17H20N2O6S/c1-12(14-7-8-16(24-2)17(10-14)25-3)18-26(22,23)11-13-5-4-6-15(9-13)19(20)21/h4-10,12,18H,11H2,1-3H3/t12-/m0/s1. The molecule has 1 atom stereocenters. The summed E-state index contributed by atoms with van der Waals surface area (Å²) in [6.45, 7) is 1.70. The van der Waals surface area contributed by atoms with Crippen molar-refractivity contribution in [3.05, 3.63) is 63.7 Å². The third-order valence-electron chi connectivity index (χ3n) is 3.74. The monoisotopic (exact) mass is 380 g/mol. The van der Waals surface area contributed by atoms with Gasteiger partial charge in [0.05, 0.1) is 24.9 Å². The molecule has 140 valence electrons. The van der Waals surface area contributed by atoms with E-state index >= 15 is 0 Å². The number of nitro benzene ring substituents is 1. The molecule has 2 rings (SSSR count). The molecule has 2 aromatic carbocycles. The minimum atomic E-state index is -3.70. The van der Waals surface area contributed by atoms with Crippen molar-refractivity contribution in [1.82, 2.24) is 4.72 Å². The smallest absolute Gasteiger partial charge is 0.269 e. The van der Waals surface area contributed by atoms with Crippen LogP contribution >= 0.6 is 0 Å². The highest BCUT2D eigenvalue weighted by atomic mass is 32.2. The predicted octanol–water partition coefficient (Wildman–Crippen LogP) is 2.79. The molecule has 2 aromatic rings. The molecule has 0 aliphatic rings. The lowest BCUT2D eigenvalue weighted by Gasteiger charge is -2.16. The Morgan fingerprint density at radius 3 is 2.42 bits per heavy atom. The molecule has 0 radical (unpaired) electrons. The molecule has 1 N–H and O–H groups in total. The van der Waals surface area contributed by atoms with Gasteiger partial charge >= 0.3 is 0 Å². The molecule has 0 aliphatic carbocycles. The van der Waals surface area contributed by atoms with Crippen LogP contribution in [0, 0.1) is 10.1 Å². The summed E-state index contributed by atoms with van der Waals surface area (Å²) in [7, 11) is -0.689. The number of nitro groups is 1. The number of methoxy groups -OCH3 is 2. The van der Waals surface area contributed by atoms with E-state index in [1.165, 1.54) is 38.5 Å². The van der Waals surface area contributed by atoms with E-state index in [-0.39, 0.29) is 11.4 Å². The van der Waals surface area contributed by atoms with Gasteiger partial charge in [0.25, 0.3) is 5.69 Å². The third-order valence-corrected chi connectivity index (χ3v) is 5.17. The number of nitrogens with zero attached hydrogens (tertiary/aromatic N) is 1. The lowest BCUT2D eigenvalue weighted by atomic mass is 10.1. The van der Waals surface area contributed by atoms with Gasteiger partial charge in [0, 0.05) is 18.2 Å². The van der Waals surface area contributed by atoms with Crippen molar-refractivity contribution in [2.45, 2.75) is 18.7 Å². The molecule has 0 fully saturated rings. The van der Waals surface area contributed by atoms with Crippen LogP contribution in [0.15, 0.2) is 42.5 Å². The molecule has 0 saturated heterocycles. The SMILES string of the molecule is COc1ccc([C@H](C)NS(=O)(=O)Cc2cccc([N+](=O)[O-])c2)cc1OC. The number of rotatable bonds is 8. The zero-order chi connectivity index (χ0) is 19.3. The van der Waals surface area contributed by atoms with E-state index < -0.39 is 21.0 Å². The Morgan fingerprint density at radius 2 is 1.81 bits per heavy atom. The first-order chi connectivity index (χ1) is 12.3. The number of ether oxygens (including phenoxy) is 2. The van der Waals surface area contributed by atoms with Crippen LogP contribution in [-0.4, -0.2) is 27.6 Å². The van der Waals surface area contributed by atoms with Crippen LogP contribution in [0.5, 0.6) is 11.5 Å². The number of benzene rings is 2. The van der Waals surface area contributed by atoms with E-state index in [9.17, 15) is 18.5 Å². The Balaban J connectivity index is 2.16. The van der Waals surface area contributed by atoms with Crippen LogP contribution in [-0.2, 0) is 15.8 Å². The van der Waals surface area contributed by atoms with Gasteiger partial charge in [0.1, 0.15) is 0 Å². The molecule has 9 heteroatoms. The summed E-state index contributed by atoms with van der Waals surface area (Å²) in [5, 5.41) is 10.8. The Morgan fingerprint density at radius 1 is 1.12 bits per heavy atom. The highest BCUT2D eigenvalue weighted by Gasteiger charge is 2.19. The van der Waals surface area contributed by atoms with Crippen molar-refractivity contribution in [3.63, 3.8) is 0 Å². The van der Waals surface area contributed by atoms with Crippen LogP contribution < -0.4 is 14.2 Å². The predicted molar refractivity (Wildman–Crippen MR) is 96.8 cm³/mol. The van der Waals surface area contributed by atoms with Gasteiger partial charge in [-0.2, -0.15) is 0 Å². The van der Waals surface area contributed by atoms with Crippen molar-refractivity contribution in [3.8, 4) is 11.5 Å². The van der Waals surface area contributed by atoms with Gasteiger partial charge in [-0.3, -0.25) is 10.1 Å². The third kappa shape index (κ3) is 4.93. The van der Waals surface area contributed by atoms with Crippen molar-refractivity contribution >= 4 is 15.7 Å². The lowest BCUT2D eigenvalue weighted by Crippen LogP contribution is -2.28. The first-order valence-electron chi connectivity index (χ1n) is 7.71. The van der Waals surface area contributed by atoms with Gasteiger partial charge in [-0.15, -0.1) is 0 Å². The minimum absolute atomic E-state index is 0.148. The molecule has 0 saturated carbocycles. The summed E-state index contributed by atoms with van der Waals surface area (Å²) >= 11 is 0. The molecule has 0 heterocycles. The molecule has 0 amide bonds. The number of sulfonamides is 1. The average molecular weight is 380 g/mol. The fourth-order valence-corrected chi connectivity index (χ4v) is 3.86. The second kappa shape index (κ2) is 8.15. The maximum atomic E-state index is 12.4. The molecular formula is C17H20N2O6S. The number of hydrogen-bond donors (Lipinski definition) is 1. The highest BCUT2D eigenvalue weighted by molar-refractivity contribution is 7.88. The number of non-ortho nitro benzene ring substituents is 1. The number of hydrogen-bond acceptors (Lipinski definition) is 6. The van der Waals surface area contributed by atoms with Gasteiger partial charge < -0.3 is 9.47 Å². The second-order valence-corrected chi connectivity index (χ2v) is 7.39. The maximum absolute atomic E-state index is 12.4. The van der Waals surface area contributed by atoms with E-state index in [0.29, 0.717) is 22.6 Å². The second-order valence-electron chi connectivity index (χ2n) is 5.64. The Kier molecular flexibility index (Phi) is 6.17. The Labute approximate surface area is 152 Å². The van der Waals surface area contributed by atoms with Crippen LogP contribution in [0.1, 0.15) is 24.1 Å². The Hall–Kier alpha value is -2.65. The molecule has 0 aliphatic heterocycles. The van der Waals surface area contributed by atoms with Gasteiger partial charge in [0.15, 0.2) is 11.5 Å². The van der Waals surface area contributed by atoms with Crippen LogP contribution in [0.25, 0.3) is 0 Å². The van der Waals surface area contributed by atoms with Gasteiger partial charge in [-0.1, -0.05) is 18.2 Å². The van der Waals surface area contributed by atoms with Crippen LogP contribution in [0.2, 0.25) is 0 Å². The zero-order valence-electron chi connectivity index (χ0n) is 14.6. The number of nitrogens with one attached hydrogen (secondary N) is 1. The van der Waals surface area contributed by atoms with E-state index in [4.69, 9.17) is 9.47 Å². The van der Waals surface area contributed by atoms with Gasteiger partial charge in [0.2, 0.25) is 10.0 Å². The van der Waals surface area contributed by atoms with Crippen molar-refractivity contribution < 1.29 is 22.8 Å². The molecule has 0 unspecified atom stereocenters. The maximum Gasteiger partial charge on any atom is 0.269 e. The summed E-state index contributed by atoms with van der Waals surface area (Å²) in [5.41, 5.74) is 0.891. The van der Waals surface area contributed by atoms with E-state index in [1.54, 1.807) is 25.1 Å². The van der Waals surface area contributed by atoms with Crippen LogP contribution in [0.4, 0.5) is 5.69 Å². The first kappa shape index (κ1) is 19.7. The largest absolute Gasteiger partial charge is 0.493 e. The highest BCUT2D eigenvalue weighted by Crippen LogP contribution is 2.30. The van der Waals surface area contributed by atoms with Crippen molar-refractivity contribution in [2.75, 3.05) is 14.2 Å². The van der Waals surface area contributed by atoms with E-state index in [1.807, 2.05) is 0 Å². The zero-order valence-corrected chi connectivity index (χ0v) is 15.4. The fourth-order valence-electron chi connectivity index (χ4n) is 2.48. The average Bonchev–Trinajstić information content (AvgIpc) is 2.60. The van der Waals surface area contributed by atoms with Gasteiger partial charge in [-0.25, -0.2) is 13.1 Å². The molecule has 0 aromatic heterocycles. The van der Waals surface area contributed by atoms with Crippen molar-refractivity contribution in [1.29, 1.82) is 0 Å². The Bertz CT molecular complexity index is 898. The molecular weight excluding hydrogens is 360 g/mol. The topological polar surface area (TPSA) is 108 Å². The van der Waals surface area contributed by atoms with Crippen LogP contribution in [0.3, 0.4) is 0 Å². The molecule has 0 bridgehead atoms. The quantitative estimate of drug-likeness (QED) is 0.557. The summed E-state index contributed by atoms with van der Waals surface area (Å²) < 4.78 is 37.8. The van der Waals surface area contributed by atoms with E-state index in [0.717, 1.165) is 0 Å². The molecule has 26 heavy (non-hydrogen) atoms. The molecule has 8 nitrogen and oxygen atoms in total. The van der Waals surface area contributed by atoms with Gasteiger partial charge in [-0.05, 0) is 30.2 Å². The summed E-state index contributed by atoms with van der Waals surface area (Å²) in [5.74, 6) is 0.685. The first-order valence-corrected chi connectivity index (χ1v) is 9.36. The minimum Gasteiger partial charge on any atom is -0.493 e. The van der Waals surface area contributed by atoms with E-state index in [2.05, 4.69) is 4.72 Å². The summed E-state index contributed by atoms with van der Waals surface area (Å²) in [6.07, 6.45) is 0. The molecule has 0 spiro atoms. The normalized spacial score (nSPS) is 12.4. The fraction of sp³-hybridized carbons (Fsp3) is 0.294.